The normalized spacial score (nSPS) is 11.2. The Bertz CT molecular complexity index is 484. The van der Waals surface area contributed by atoms with Crippen molar-refractivity contribution >= 4 is 17.2 Å². The summed E-state index contributed by atoms with van der Waals surface area (Å²) in [6.07, 6.45) is 5.64. The minimum Gasteiger partial charge on any atom is -0.396 e. The third-order valence-corrected chi connectivity index (χ3v) is 2.76. The number of unbranched alkanes of at least 4 members (excludes halogenated alkanes) is 1. The molecule has 5 heteroatoms. The van der Waals surface area contributed by atoms with Crippen molar-refractivity contribution in [3.05, 3.63) is 35.2 Å². The van der Waals surface area contributed by atoms with Crippen LogP contribution in [-0.2, 0) is 6.54 Å². The van der Waals surface area contributed by atoms with E-state index in [0.29, 0.717) is 5.02 Å². The number of hydrogen-bond acceptors (Lipinski definition) is 3. The summed E-state index contributed by atoms with van der Waals surface area (Å²) in [7, 11) is 0. The Hall–Kier alpha value is -1.10. The maximum absolute atomic E-state index is 8.65. The second-order valence-electron chi connectivity index (χ2n) is 3.95. The second kappa shape index (κ2) is 6.00. The maximum atomic E-state index is 8.65. The van der Waals surface area contributed by atoms with Crippen molar-refractivity contribution in [3.8, 4) is 0 Å². The molecule has 0 aliphatic carbocycles. The zero-order valence-electron chi connectivity index (χ0n) is 9.56. The summed E-state index contributed by atoms with van der Waals surface area (Å²) in [4.78, 5) is 4.46. The summed E-state index contributed by atoms with van der Waals surface area (Å²) in [6, 6.07) is 3.74. The van der Waals surface area contributed by atoms with Crippen LogP contribution >= 0.6 is 11.6 Å². The van der Waals surface area contributed by atoms with Gasteiger partial charge in [-0.2, -0.15) is 0 Å². The number of pyridine rings is 1. The van der Waals surface area contributed by atoms with E-state index in [1.54, 1.807) is 0 Å². The third kappa shape index (κ3) is 3.43. The number of fused-ring (bicyclic) bond motifs is 1. The fraction of sp³-hybridized carbons (Fsp3) is 0.417. The van der Waals surface area contributed by atoms with Gasteiger partial charge in [0.05, 0.1) is 10.7 Å². The molecule has 17 heavy (non-hydrogen) atoms. The van der Waals surface area contributed by atoms with Gasteiger partial charge in [-0.05, 0) is 31.5 Å². The van der Waals surface area contributed by atoms with Crippen LogP contribution < -0.4 is 5.32 Å². The molecule has 0 aliphatic rings. The van der Waals surface area contributed by atoms with Crippen molar-refractivity contribution in [3.63, 3.8) is 0 Å². The molecule has 0 radical (unpaired) electrons. The molecule has 92 valence electrons. The molecule has 2 rings (SSSR count). The maximum Gasteiger partial charge on any atom is 0.137 e. The predicted octanol–water partition coefficient (Wildman–Crippen LogP) is 1.85. The Kier molecular flexibility index (Phi) is 4.36. The number of hydrogen-bond donors (Lipinski definition) is 2. The zero-order chi connectivity index (χ0) is 12.1. The van der Waals surface area contributed by atoms with E-state index in [4.69, 9.17) is 16.7 Å². The van der Waals surface area contributed by atoms with E-state index >= 15 is 0 Å². The van der Waals surface area contributed by atoms with Crippen LogP contribution in [0.1, 0.15) is 18.5 Å². The van der Waals surface area contributed by atoms with Gasteiger partial charge in [-0.25, -0.2) is 4.98 Å². The molecule has 2 aromatic heterocycles. The number of nitrogens with one attached hydrogen (secondary N) is 1. The standard InChI is InChI=1S/C12H16ClN3O/c13-10-3-4-12-15-11(9-16(12)8-10)7-14-5-1-2-6-17/h3-4,8-9,14,17H,1-2,5-7H2. The van der Waals surface area contributed by atoms with E-state index in [-0.39, 0.29) is 6.61 Å². The minimum atomic E-state index is 0.258. The van der Waals surface area contributed by atoms with E-state index in [1.807, 2.05) is 28.9 Å². The molecule has 0 bridgehead atoms. The summed E-state index contributed by atoms with van der Waals surface area (Å²) in [5.41, 5.74) is 1.90. The molecule has 0 aromatic carbocycles. The highest BCUT2D eigenvalue weighted by molar-refractivity contribution is 6.30. The first-order chi connectivity index (χ1) is 8.29. The Balaban J connectivity index is 1.91. The Morgan fingerprint density at radius 3 is 3.00 bits per heavy atom. The van der Waals surface area contributed by atoms with E-state index in [9.17, 15) is 0 Å². The SMILES string of the molecule is OCCCCNCc1cn2cc(Cl)ccc2n1. The molecule has 0 aliphatic heterocycles. The molecule has 0 atom stereocenters. The molecular weight excluding hydrogens is 238 g/mol. The number of halogens is 1. The van der Waals surface area contributed by atoms with Crippen LogP contribution in [0, 0.1) is 0 Å². The third-order valence-electron chi connectivity index (χ3n) is 2.53. The second-order valence-corrected chi connectivity index (χ2v) is 4.39. The molecule has 2 heterocycles. The van der Waals surface area contributed by atoms with Crippen molar-refractivity contribution < 1.29 is 5.11 Å². The highest BCUT2D eigenvalue weighted by Gasteiger charge is 2.01. The number of aromatic nitrogens is 2. The molecule has 0 fully saturated rings. The highest BCUT2D eigenvalue weighted by Crippen LogP contribution is 2.11. The Morgan fingerprint density at radius 2 is 2.18 bits per heavy atom. The first-order valence-electron chi connectivity index (χ1n) is 5.74. The van der Waals surface area contributed by atoms with Crippen molar-refractivity contribution in [1.82, 2.24) is 14.7 Å². The van der Waals surface area contributed by atoms with E-state index in [2.05, 4.69) is 10.3 Å². The number of rotatable bonds is 6. The molecule has 0 saturated carbocycles. The highest BCUT2D eigenvalue weighted by atomic mass is 35.5. The average Bonchev–Trinajstić information content (AvgIpc) is 2.70. The summed E-state index contributed by atoms with van der Waals surface area (Å²) >= 11 is 5.90. The predicted molar refractivity (Wildman–Crippen MR) is 68.2 cm³/mol. The molecule has 4 nitrogen and oxygen atoms in total. The molecule has 2 aromatic rings. The molecule has 0 spiro atoms. The quantitative estimate of drug-likeness (QED) is 0.773. The van der Waals surface area contributed by atoms with Crippen LogP contribution in [0.25, 0.3) is 5.65 Å². The van der Waals surface area contributed by atoms with Crippen LogP contribution in [-0.4, -0.2) is 27.6 Å². The Labute approximate surface area is 105 Å². The first kappa shape index (κ1) is 12.4. The van der Waals surface area contributed by atoms with Crippen LogP contribution in [0.2, 0.25) is 5.02 Å². The van der Waals surface area contributed by atoms with Crippen molar-refractivity contribution in [2.24, 2.45) is 0 Å². The van der Waals surface area contributed by atoms with Gasteiger partial charge in [0.2, 0.25) is 0 Å². The van der Waals surface area contributed by atoms with Gasteiger partial charge in [0.25, 0.3) is 0 Å². The van der Waals surface area contributed by atoms with Gasteiger partial charge in [0, 0.05) is 25.5 Å². The largest absolute Gasteiger partial charge is 0.396 e. The van der Waals surface area contributed by atoms with Crippen molar-refractivity contribution in [2.75, 3.05) is 13.2 Å². The minimum absolute atomic E-state index is 0.258. The molecule has 0 amide bonds. The first-order valence-corrected chi connectivity index (χ1v) is 6.12. The Morgan fingerprint density at radius 1 is 1.29 bits per heavy atom. The van der Waals surface area contributed by atoms with Crippen LogP contribution in [0.4, 0.5) is 0 Å². The zero-order valence-corrected chi connectivity index (χ0v) is 10.3. The van der Waals surface area contributed by atoms with Gasteiger partial charge in [-0.15, -0.1) is 0 Å². The number of nitrogens with zero attached hydrogens (tertiary/aromatic N) is 2. The molecule has 0 saturated heterocycles. The topological polar surface area (TPSA) is 49.6 Å². The summed E-state index contributed by atoms with van der Waals surface area (Å²) in [5, 5.41) is 12.6. The lowest BCUT2D eigenvalue weighted by atomic mass is 10.3. The summed E-state index contributed by atoms with van der Waals surface area (Å²) in [5.74, 6) is 0. The fourth-order valence-electron chi connectivity index (χ4n) is 1.68. The van der Waals surface area contributed by atoms with Gasteiger partial charge >= 0.3 is 0 Å². The smallest absolute Gasteiger partial charge is 0.137 e. The molecule has 0 unspecified atom stereocenters. The van der Waals surface area contributed by atoms with Crippen LogP contribution in [0.15, 0.2) is 24.5 Å². The lowest BCUT2D eigenvalue weighted by Crippen LogP contribution is -2.15. The fourth-order valence-corrected chi connectivity index (χ4v) is 1.85. The van der Waals surface area contributed by atoms with Crippen molar-refractivity contribution in [1.29, 1.82) is 0 Å². The van der Waals surface area contributed by atoms with Gasteiger partial charge in [0.1, 0.15) is 5.65 Å². The van der Waals surface area contributed by atoms with Crippen LogP contribution in [0.5, 0.6) is 0 Å². The van der Waals surface area contributed by atoms with Gasteiger partial charge in [0.15, 0.2) is 0 Å². The van der Waals surface area contributed by atoms with Gasteiger partial charge < -0.3 is 14.8 Å². The van der Waals surface area contributed by atoms with Gasteiger partial charge in [-0.3, -0.25) is 0 Å². The average molecular weight is 254 g/mol. The lowest BCUT2D eigenvalue weighted by molar-refractivity contribution is 0.283. The van der Waals surface area contributed by atoms with E-state index in [1.165, 1.54) is 0 Å². The number of aliphatic hydroxyl groups excluding tert-OH is 1. The van der Waals surface area contributed by atoms with E-state index < -0.39 is 0 Å². The summed E-state index contributed by atoms with van der Waals surface area (Å²) < 4.78 is 1.92. The lowest BCUT2D eigenvalue weighted by Gasteiger charge is -2.00. The number of aliphatic hydroxyl groups is 1. The van der Waals surface area contributed by atoms with Crippen LogP contribution in [0.3, 0.4) is 0 Å². The summed E-state index contributed by atoms with van der Waals surface area (Å²) in [6.45, 7) is 1.90. The molecular formula is C12H16ClN3O. The monoisotopic (exact) mass is 253 g/mol. The van der Waals surface area contributed by atoms with E-state index in [0.717, 1.165) is 37.3 Å². The van der Waals surface area contributed by atoms with Crippen molar-refractivity contribution in [2.45, 2.75) is 19.4 Å². The molecule has 2 N–H and O–H groups in total. The number of imidazole rings is 1. The van der Waals surface area contributed by atoms with Gasteiger partial charge in [-0.1, -0.05) is 11.6 Å².